The second-order valence-electron chi connectivity index (χ2n) is 5.28. The van der Waals surface area contributed by atoms with Crippen molar-refractivity contribution < 1.29 is 4.74 Å². The molecule has 0 saturated heterocycles. The quantitative estimate of drug-likeness (QED) is 0.746. The number of fused-ring (bicyclic) bond motifs is 1. The SMILES string of the molecule is Cc1cc2ncn(CCOc3cccc(N)c3)c2cc1C. The first-order valence-corrected chi connectivity index (χ1v) is 7.04. The number of hydrogen-bond acceptors (Lipinski definition) is 3. The lowest BCUT2D eigenvalue weighted by Gasteiger charge is -2.09. The van der Waals surface area contributed by atoms with E-state index >= 15 is 0 Å². The molecule has 2 aromatic carbocycles. The lowest BCUT2D eigenvalue weighted by molar-refractivity contribution is 0.300. The van der Waals surface area contributed by atoms with Gasteiger partial charge in [-0.15, -0.1) is 0 Å². The largest absolute Gasteiger partial charge is 0.492 e. The van der Waals surface area contributed by atoms with Crippen LogP contribution in [0.25, 0.3) is 11.0 Å². The van der Waals surface area contributed by atoms with E-state index in [9.17, 15) is 0 Å². The summed E-state index contributed by atoms with van der Waals surface area (Å²) in [6.07, 6.45) is 1.87. The summed E-state index contributed by atoms with van der Waals surface area (Å²) in [5.41, 5.74) is 11.2. The molecule has 0 bridgehead atoms. The fourth-order valence-electron chi connectivity index (χ4n) is 2.36. The number of anilines is 1. The Morgan fingerprint density at radius 3 is 2.76 bits per heavy atom. The summed E-state index contributed by atoms with van der Waals surface area (Å²) in [5, 5.41) is 0. The highest BCUT2D eigenvalue weighted by atomic mass is 16.5. The van der Waals surface area contributed by atoms with E-state index in [-0.39, 0.29) is 0 Å². The molecular weight excluding hydrogens is 262 g/mol. The second-order valence-corrected chi connectivity index (χ2v) is 5.28. The van der Waals surface area contributed by atoms with Crippen LogP contribution in [0.15, 0.2) is 42.7 Å². The predicted octanol–water partition coefficient (Wildman–Crippen LogP) is 3.31. The summed E-state index contributed by atoms with van der Waals surface area (Å²) in [6, 6.07) is 11.8. The molecule has 0 spiro atoms. The maximum atomic E-state index is 5.73. The Kier molecular flexibility index (Phi) is 3.52. The van der Waals surface area contributed by atoms with Gasteiger partial charge in [-0.25, -0.2) is 4.98 Å². The average Bonchev–Trinajstić information content (AvgIpc) is 2.82. The summed E-state index contributed by atoms with van der Waals surface area (Å²) < 4.78 is 7.85. The van der Waals surface area contributed by atoms with Crippen molar-refractivity contribution in [1.82, 2.24) is 9.55 Å². The minimum atomic E-state index is 0.585. The Bertz CT molecular complexity index is 777. The molecule has 4 heteroatoms. The van der Waals surface area contributed by atoms with Gasteiger partial charge in [0.1, 0.15) is 12.4 Å². The number of nitrogens with two attached hydrogens (primary N) is 1. The lowest BCUT2D eigenvalue weighted by atomic mass is 10.1. The van der Waals surface area contributed by atoms with E-state index in [0.29, 0.717) is 12.3 Å². The number of rotatable bonds is 4. The Morgan fingerprint density at radius 2 is 1.95 bits per heavy atom. The highest BCUT2D eigenvalue weighted by molar-refractivity contribution is 5.77. The van der Waals surface area contributed by atoms with Crippen molar-refractivity contribution in [3.05, 3.63) is 53.9 Å². The summed E-state index contributed by atoms with van der Waals surface area (Å²) >= 11 is 0. The molecule has 1 heterocycles. The first-order valence-electron chi connectivity index (χ1n) is 7.04. The smallest absolute Gasteiger partial charge is 0.121 e. The van der Waals surface area contributed by atoms with Crippen molar-refractivity contribution in [3.63, 3.8) is 0 Å². The average molecular weight is 281 g/mol. The number of ether oxygens (including phenoxy) is 1. The molecule has 2 N–H and O–H groups in total. The molecule has 0 aliphatic heterocycles. The van der Waals surface area contributed by atoms with Crippen LogP contribution in [-0.4, -0.2) is 16.2 Å². The maximum absolute atomic E-state index is 5.73. The molecule has 0 amide bonds. The molecule has 3 aromatic rings. The van der Waals surface area contributed by atoms with Crippen molar-refractivity contribution in [2.45, 2.75) is 20.4 Å². The Balaban J connectivity index is 1.72. The van der Waals surface area contributed by atoms with Crippen LogP contribution >= 0.6 is 0 Å². The van der Waals surface area contributed by atoms with Gasteiger partial charge >= 0.3 is 0 Å². The molecule has 0 aliphatic carbocycles. The van der Waals surface area contributed by atoms with Crippen molar-refractivity contribution in [2.75, 3.05) is 12.3 Å². The minimum Gasteiger partial charge on any atom is -0.492 e. The monoisotopic (exact) mass is 281 g/mol. The molecular formula is C17H19N3O. The van der Waals surface area contributed by atoms with Gasteiger partial charge in [-0.3, -0.25) is 0 Å². The third-order valence-corrected chi connectivity index (χ3v) is 3.70. The zero-order valence-corrected chi connectivity index (χ0v) is 12.3. The summed E-state index contributed by atoms with van der Waals surface area (Å²) in [4.78, 5) is 4.45. The van der Waals surface area contributed by atoms with Crippen LogP contribution in [0, 0.1) is 13.8 Å². The van der Waals surface area contributed by atoms with E-state index < -0.39 is 0 Å². The van der Waals surface area contributed by atoms with Gasteiger partial charge < -0.3 is 15.0 Å². The molecule has 4 nitrogen and oxygen atoms in total. The first-order chi connectivity index (χ1) is 10.1. The number of nitrogens with zero attached hydrogens (tertiary/aromatic N) is 2. The summed E-state index contributed by atoms with van der Waals surface area (Å²) in [7, 11) is 0. The highest BCUT2D eigenvalue weighted by Crippen LogP contribution is 2.19. The lowest BCUT2D eigenvalue weighted by Crippen LogP contribution is -2.07. The van der Waals surface area contributed by atoms with E-state index in [1.807, 2.05) is 30.6 Å². The Hall–Kier alpha value is -2.49. The molecule has 1 aromatic heterocycles. The van der Waals surface area contributed by atoms with E-state index in [1.165, 1.54) is 11.1 Å². The summed E-state index contributed by atoms with van der Waals surface area (Å²) in [5.74, 6) is 0.798. The molecule has 0 aliphatic rings. The van der Waals surface area contributed by atoms with Gasteiger partial charge in [-0.2, -0.15) is 0 Å². The molecule has 108 valence electrons. The van der Waals surface area contributed by atoms with Gasteiger partial charge in [0.15, 0.2) is 0 Å². The van der Waals surface area contributed by atoms with Gasteiger partial charge in [0.05, 0.1) is 23.9 Å². The van der Waals surface area contributed by atoms with Gasteiger partial charge in [0.25, 0.3) is 0 Å². The fraction of sp³-hybridized carbons (Fsp3) is 0.235. The van der Waals surface area contributed by atoms with E-state index in [0.717, 1.165) is 23.3 Å². The standard InChI is InChI=1S/C17H19N3O/c1-12-8-16-17(9-13(12)2)20(11-19-16)6-7-21-15-5-3-4-14(18)10-15/h3-5,8-11H,6-7,18H2,1-2H3. The van der Waals surface area contributed by atoms with Crippen LogP contribution in [0.4, 0.5) is 5.69 Å². The fourth-order valence-corrected chi connectivity index (χ4v) is 2.36. The number of aromatic nitrogens is 2. The Morgan fingerprint density at radius 1 is 1.14 bits per heavy atom. The van der Waals surface area contributed by atoms with Gasteiger partial charge in [-0.05, 0) is 49.2 Å². The number of nitrogen functional groups attached to an aromatic ring is 1. The maximum Gasteiger partial charge on any atom is 0.121 e. The van der Waals surface area contributed by atoms with Crippen LogP contribution in [0.1, 0.15) is 11.1 Å². The van der Waals surface area contributed by atoms with E-state index in [2.05, 4.69) is 35.5 Å². The number of aryl methyl sites for hydroxylation is 2. The van der Waals surface area contributed by atoms with Crippen LogP contribution < -0.4 is 10.5 Å². The molecule has 0 radical (unpaired) electrons. The van der Waals surface area contributed by atoms with Crippen molar-refractivity contribution >= 4 is 16.7 Å². The van der Waals surface area contributed by atoms with E-state index in [1.54, 1.807) is 0 Å². The summed E-state index contributed by atoms with van der Waals surface area (Å²) in [6.45, 7) is 5.57. The van der Waals surface area contributed by atoms with Crippen LogP contribution in [0.3, 0.4) is 0 Å². The second kappa shape index (κ2) is 5.48. The normalized spacial score (nSPS) is 11.0. The topological polar surface area (TPSA) is 53.1 Å². The van der Waals surface area contributed by atoms with Crippen LogP contribution in [0.2, 0.25) is 0 Å². The zero-order chi connectivity index (χ0) is 14.8. The molecule has 0 saturated carbocycles. The molecule has 3 rings (SSSR count). The van der Waals surface area contributed by atoms with Crippen molar-refractivity contribution in [3.8, 4) is 5.75 Å². The predicted molar refractivity (Wildman–Crippen MR) is 85.6 cm³/mol. The number of hydrogen-bond donors (Lipinski definition) is 1. The first kappa shape index (κ1) is 13.5. The molecule has 0 fully saturated rings. The molecule has 21 heavy (non-hydrogen) atoms. The molecule has 0 atom stereocenters. The van der Waals surface area contributed by atoms with Gasteiger partial charge in [-0.1, -0.05) is 6.07 Å². The highest BCUT2D eigenvalue weighted by Gasteiger charge is 2.05. The third kappa shape index (κ3) is 2.84. The minimum absolute atomic E-state index is 0.585. The van der Waals surface area contributed by atoms with Gasteiger partial charge in [0, 0.05) is 11.8 Å². The molecule has 0 unspecified atom stereocenters. The van der Waals surface area contributed by atoms with Gasteiger partial charge in [0.2, 0.25) is 0 Å². The van der Waals surface area contributed by atoms with Crippen molar-refractivity contribution in [2.24, 2.45) is 0 Å². The third-order valence-electron chi connectivity index (χ3n) is 3.70. The van der Waals surface area contributed by atoms with Crippen LogP contribution in [0.5, 0.6) is 5.75 Å². The number of benzene rings is 2. The van der Waals surface area contributed by atoms with Crippen LogP contribution in [-0.2, 0) is 6.54 Å². The van der Waals surface area contributed by atoms with E-state index in [4.69, 9.17) is 10.5 Å². The number of imidazole rings is 1. The Labute approximate surface area is 124 Å². The zero-order valence-electron chi connectivity index (χ0n) is 12.3. The van der Waals surface area contributed by atoms with Crippen molar-refractivity contribution in [1.29, 1.82) is 0 Å².